The maximum atomic E-state index is 12.4. The van der Waals surface area contributed by atoms with Crippen molar-refractivity contribution in [2.45, 2.75) is 187 Å². The predicted octanol–water partition coefficient (Wildman–Crippen LogP) is 10.7. The number of nitrogens with one attached hydrogen (secondary N) is 1. The Morgan fingerprint density at radius 2 is 1.02 bits per heavy atom. The molecule has 46 heavy (non-hydrogen) atoms. The van der Waals surface area contributed by atoms with E-state index in [1.807, 2.05) is 0 Å². The van der Waals surface area contributed by atoms with Crippen molar-refractivity contribution in [2.75, 3.05) is 5.75 Å². The van der Waals surface area contributed by atoms with E-state index in [9.17, 15) is 22.9 Å². The SMILES string of the molecule is CCCC/C=C/CC/C=C/C(O)C(CS(=O)(=O)O)NC(=O)CCCCCCCCCCCCC/C=C\C/C=C\CCCCCCC. The second-order valence-corrected chi connectivity index (χ2v) is 14.3. The van der Waals surface area contributed by atoms with E-state index in [1.54, 1.807) is 6.08 Å². The zero-order valence-electron chi connectivity index (χ0n) is 29.7. The van der Waals surface area contributed by atoms with Gasteiger partial charge in [-0.2, -0.15) is 8.42 Å². The van der Waals surface area contributed by atoms with Crippen LogP contribution in [0.1, 0.15) is 174 Å². The van der Waals surface area contributed by atoms with Gasteiger partial charge in [-0.25, -0.2) is 0 Å². The number of amides is 1. The third-order valence-corrected chi connectivity index (χ3v) is 9.01. The maximum absolute atomic E-state index is 12.4. The Bertz CT molecular complexity index is 909. The van der Waals surface area contributed by atoms with Crippen molar-refractivity contribution in [1.29, 1.82) is 0 Å². The molecule has 2 atom stereocenters. The Hall–Kier alpha value is -1.70. The first kappa shape index (κ1) is 44.3. The first-order valence-electron chi connectivity index (χ1n) is 18.8. The average molecular weight is 666 g/mol. The van der Waals surface area contributed by atoms with Crippen LogP contribution >= 0.6 is 0 Å². The van der Waals surface area contributed by atoms with Crippen molar-refractivity contribution in [3.05, 3.63) is 48.6 Å². The Morgan fingerprint density at radius 1 is 0.587 bits per heavy atom. The number of unbranched alkanes of at least 4 members (excludes halogenated alkanes) is 19. The van der Waals surface area contributed by atoms with Crippen LogP contribution in [0, 0.1) is 0 Å². The minimum atomic E-state index is -4.34. The van der Waals surface area contributed by atoms with Crippen LogP contribution in [-0.4, -0.2) is 41.9 Å². The number of hydrogen-bond acceptors (Lipinski definition) is 4. The molecule has 0 aliphatic rings. The molecule has 0 aromatic carbocycles. The minimum absolute atomic E-state index is 0.284. The van der Waals surface area contributed by atoms with Gasteiger partial charge in [0.1, 0.15) is 0 Å². The minimum Gasteiger partial charge on any atom is -0.387 e. The second kappa shape index (κ2) is 33.2. The largest absolute Gasteiger partial charge is 0.387 e. The van der Waals surface area contributed by atoms with Gasteiger partial charge in [0.2, 0.25) is 5.91 Å². The van der Waals surface area contributed by atoms with Gasteiger partial charge in [0, 0.05) is 6.42 Å². The molecule has 0 saturated carbocycles. The fraction of sp³-hybridized carbons (Fsp3) is 0.769. The molecule has 7 heteroatoms. The summed E-state index contributed by atoms with van der Waals surface area (Å²) < 4.78 is 32.2. The first-order valence-corrected chi connectivity index (χ1v) is 20.4. The molecule has 0 heterocycles. The van der Waals surface area contributed by atoms with Gasteiger partial charge >= 0.3 is 0 Å². The molecule has 0 saturated heterocycles. The fourth-order valence-corrected chi connectivity index (χ4v) is 6.10. The van der Waals surface area contributed by atoms with Crippen molar-refractivity contribution in [3.8, 4) is 0 Å². The molecule has 268 valence electrons. The van der Waals surface area contributed by atoms with Gasteiger partial charge < -0.3 is 10.4 Å². The number of allylic oxidation sites excluding steroid dienone is 7. The lowest BCUT2D eigenvalue weighted by molar-refractivity contribution is -0.122. The molecule has 6 nitrogen and oxygen atoms in total. The van der Waals surface area contributed by atoms with Crippen LogP contribution in [-0.2, 0) is 14.9 Å². The lowest BCUT2D eigenvalue weighted by Gasteiger charge is -2.21. The lowest BCUT2D eigenvalue weighted by Crippen LogP contribution is -2.46. The summed E-state index contributed by atoms with van der Waals surface area (Å²) in [4.78, 5) is 12.4. The van der Waals surface area contributed by atoms with E-state index in [2.05, 4.69) is 55.6 Å². The fourth-order valence-electron chi connectivity index (χ4n) is 5.36. The number of aliphatic hydroxyl groups is 1. The number of carbonyl (C=O) groups is 1. The van der Waals surface area contributed by atoms with Crippen molar-refractivity contribution < 1.29 is 22.9 Å². The quantitative estimate of drug-likeness (QED) is 0.0368. The highest BCUT2D eigenvalue weighted by molar-refractivity contribution is 7.85. The van der Waals surface area contributed by atoms with Crippen molar-refractivity contribution in [2.24, 2.45) is 0 Å². The summed E-state index contributed by atoms with van der Waals surface area (Å²) in [6, 6.07) is -1.07. The summed E-state index contributed by atoms with van der Waals surface area (Å²) in [5.74, 6) is -1.01. The molecule has 0 spiro atoms. The van der Waals surface area contributed by atoms with E-state index >= 15 is 0 Å². The highest BCUT2D eigenvalue weighted by atomic mass is 32.2. The van der Waals surface area contributed by atoms with Crippen LogP contribution in [0.15, 0.2) is 48.6 Å². The van der Waals surface area contributed by atoms with E-state index in [-0.39, 0.29) is 12.3 Å². The summed E-state index contributed by atoms with van der Waals surface area (Å²) in [6.07, 6.45) is 44.1. The molecule has 0 aromatic rings. The van der Waals surface area contributed by atoms with Crippen LogP contribution in [0.4, 0.5) is 0 Å². The molecule has 0 fully saturated rings. The van der Waals surface area contributed by atoms with Crippen molar-refractivity contribution in [1.82, 2.24) is 5.32 Å². The van der Waals surface area contributed by atoms with Crippen LogP contribution in [0.5, 0.6) is 0 Å². The van der Waals surface area contributed by atoms with Crippen LogP contribution < -0.4 is 5.32 Å². The van der Waals surface area contributed by atoms with Gasteiger partial charge in [0.05, 0.1) is 17.9 Å². The van der Waals surface area contributed by atoms with Gasteiger partial charge in [-0.15, -0.1) is 0 Å². The summed E-state index contributed by atoms with van der Waals surface area (Å²) in [5, 5.41) is 13.1. The smallest absolute Gasteiger partial charge is 0.267 e. The predicted molar refractivity (Wildman–Crippen MR) is 198 cm³/mol. The van der Waals surface area contributed by atoms with Crippen molar-refractivity contribution >= 4 is 16.0 Å². The Balaban J connectivity index is 3.83. The molecule has 0 bridgehead atoms. The molecule has 0 rings (SSSR count). The zero-order valence-corrected chi connectivity index (χ0v) is 30.5. The zero-order chi connectivity index (χ0) is 34.0. The molecule has 1 amide bonds. The summed E-state index contributed by atoms with van der Waals surface area (Å²) in [5.41, 5.74) is 0. The van der Waals surface area contributed by atoms with Gasteiger partial charge in [0.25, 0.3) is 10.1 Å². The Labute approximate surface area is 284 Å². The first-order chi connectivity index (χ1) is 22.3. The lowest BCUT2D eigenvalue weighted by atomic mass is 10.0. The van der Waals surface area contributed by atoms with Crippen LogP contribution in [0.25, 0.3) is 0 Å². The van der Waals surface area contributed by atoms with E-state index in [4.69, 9.17) is 0 Å². The number of aliphatic hydroxyl groups excluding tert-OH is 1. The number of rotatable bonds is 33. The van der Waals surface area contributed by atoms with E-state index in [0.29, 0.717) is 6.42 Å². The second-order valence-electron chi connectivity index (χ2n) is 12.8. The summed E-state index contributed by atoms with van der Waals surface area (Å²) >= 11 is 0. The van der Waals surface area contributed by atoms with E-state index in [0.717, 1.165) is 44.9 Å². The van der Waals surface area contributed by atoms with Crippen LogP contribution in [0.3, 0.4) is 0 Å². The topological polar surface area (TPSA) is 104 Å². The van der Waals surface area contributed by atoms with Crippen molar-refractivity contribution in [3.63, 3.8) is 0 Å². The third-order valence-electron chi connectivity index (χ3n) is 8.23. The molecule has 0 aromatic heterocycles. The average Bonchev–Trinajstić information content (AvgIpc) is 3.01. The Morgan fingerprint density at radius 3 is 1.57 bits per heavy atom. The highest BCUT2D eigenvalue weighted by Crippen LogP contribution is 2.13. The number of hydrogen-bond donors (Lipinski definition) is 3. The Kier molecular flexibility index (Phi) is 32.0. The van der Waals surface area contributed by atoms with Gasteiger partial charge in [-0.3, -0.25) is 9.35 Å². The summed E-state index contributed by atoms with van der Waals surface area (Å²) in [6.45, 7) is 4.41. The molecular weight excluding hydrogens is 594 g/mol. The molecular formula is C39H71NO5S. The normalized spacial score (nSPS) is 13.9. The number of carbonyl (C=O) groups excluding carboxylic acids is 1. The van der Waals surface area contributed by atoms with E-state index in [1.165, 1.54) is 109 Å². The van der Waals surface area contributed by atoms with E-state index < -0.39 is 28.0 Å². The van der Waals surface area contributed by atoms with Gasteiger partial charge in [-0.1, -0.05) is 159 Å². The molecule has 3 N–H and O–H groups in total. The standard InChI is InChI=1S/C39H71NO5S/c1-3-5-7-9-11-13-14-15-16-17-18-19-20-21-22-23-24-25-26-27-29-31-33-35-39(42)40-37(36-46(43,44)45)38(41)34-32-30-28-12-10-8-6-4-2/h10,12,14-15,17-18,32,34,37-38,41H,3-9,11,13,16,19-31,33,35-36H2,1-2H3,(H,40,42)(H,43,44,45)/b12-10+,15-14-,18-17-,34-32+. The molecule has 0 aliphatic heterocycles. The highest BCUT2D eigenvalue weighted by Gasteiger charge is 2.24. The molecule has 0 aliphatic carbocycles. The van der Waals surface area contributed by atoms with Gasteiger partial charge in [-0.05, 0) is 57.8 Å². The molecule has 2 unspecified atom stereocenters. The maximum Gasteiger partial charge on any atom is 0.267 e. The van der Waals surface area contributed by atoms with Crippen LogP contribution in [0.2, 0.25) is 0 Å². The van der Waals surface area contributed by atoms with Gasteiger partial charge in [0.15, 0.2) is 0 Å². The summed E-state index contributed by atoms with van der Waals surface area (Å²) in [7, 11) is -4.34. The monoisotopic (exact) mass is 666 g/mol. The molecule has 0 radical (unpaired) electrons. The third kappa shape index (κ3) is 33.7.